The molecule has 0 radical (unpaired) electrons. The molecule has 6 heteroatoms. The molecule has 0 saturated heterocycles. The van der Waals surface area contributed by atoms with Crippen LogP contribution in [0.3, 0.4) is 0 Å². The summed E-state index contributed by atoms with van der Waals surface area (Å²) in [6.45, 7) is 1.75. The van der Waals surface area contributed by atoms with Crippen LogP contribution in [-0.2, 0) is 0 Å². The van der Waals surface area contributed by atoms with Crippen molar-refractivity contribution in [1.82, 2.24) is 0 Å². The fourth-order valence-corrected chi connectivity index (χ4v) is 2.28. The van der Waals surface area contributed by atoms with Gasteiger partial charge >= 0.3 is 0 Å². The van der Waals surface area contributed by atoms with Crippen molar-refractivity contribution in [3.8, 4) is 0 Å². The summed E-state index contributed by atoms with van der Waals surface area (Å²) in [6, 6.07) is 22.6. The van der Waals surface area contributed by atoms with Crippen LogP contribution >= 0.6 is 0 Å². The fourth-order valence-electron chi connectivity index (χ4n) is 2.28. The maximum Gasteiger partial charge on any atom is 0.248 e. The van der Waals surface area contributed by atoms with Gasteiger partial charge in [0.25, 0.3) is 0 Å². The predicted octanol–water partition coefficient (Wildman–Crippen LogP) is 5.85. The molecule has 0 bridgehead atoms. The van der Waals surface area contributed by atoms with E-state index in [1.807, 2.05) is 24.3 Å². The topological polar surface area (TPSA) is 76.9 Å². The Bertz CT molecular complexity index is 923. The Labute approximate surface area is 145 Å². The average Bonchev–Trinajstić information content (AvgIpc) is 2.63. The molecule has 0 aromatic heterocycles. The molecular weight excluding hydrogens is 316 g/mol. The molecule has 0 aliphatic heterocycles. The quantitative estimate of drug-likeness (QED) is 0.341. The summed E-state index contributed by atoms with van der Waals surface area (Å²) >= 11 is 0. The molecule has 25 heavy (non-hydrogen) atoms. The minimum Gasteiger partial charge on any atom is -0.594 e. The molecule has 6 nitrogen and oxygen atoms in total. The van der Waals surface area contributed by atoms with Gasteiger partial charge in [0.1, 0.15) is 11.4 Å². The summed E-state index contributed by atoms with van der Waals surface area (Å²) in [5.41, 5.74) is 2.48. The fraction of sp³-hybridized carbons (Fsp3) is 0.0526. The number of hydrogen-bond acceptors (Lipinski definition) is 4. The molecule has 0 aliphatic rings. The van der Waals surface area contributed by atoms with Gasteiger partial charge in [0.05, 0.1) is 0 Å². The summed E-state index contributed by atoms with van der Waals surface area (Å²) in [7, 11) is 0. The molecule has 0 fully saturated rings. The Morgan fingerprint density at radius 1 is 0.680 bits per heavy atom. The van der Waals surface area contributed by atoms with Crippen molar-refractivity contribution in [2.75, 3.05) is 0 Å². The van der Waals surface area contributed by atoms with Gasteiger partial charge in [-0.1, -0.05) is 41.3 Å². The minimum atomic E-state index is 0.346. The molecule has 0 spiro atoms. The zero-order valence-electron chi connectivity index (χ0n) is 13.6. The van der Waals surface area contributed by atoms with Crippen LogP contribution in [-0.4, -0.2) is 9.72 Å². The van der Waals surface area contributed by atoms with Crippen LogP contribution in [0.15, 0.2) is 89.1 Å². The zero-order valence-corrected chi connectivity index (χ0v) is 13.6. The second-order valence-electron chi connectivity index (χ2n) is 5.39. The van der Waals surface area contributed by atoms with E-state index in [-0.39, 0.29) is 0 Å². The Morgan fingerprint density at radius 2 is 1.20 bits per heavy atom. The first-order chi connectivity index (χ1) is 12.1. The number of benzene rings is 3. The highest BCUT2D eigenvalue weighted by atomic mass is 16.5. The molecule has 3 aromatic carbocycles. The highest BCUT2D eigenvalue weighted by Gasteiger charge is 2.14. The molecule has 0 N–H and O–H groups in total. The standard InChI is InChI=1S/C19H16N4O2/c1-15-14-18(22(24)20-16-8-4-2-5-9-16)12-13-19(15)23(25)21-17-10-6-3-7-11-17/h2-14H,1H3. The lowest BCUT2D eigenvalue weighted by Gasteiger charge is -2.05. The van der Waals surface area contributed by atoms with Crippen LogP contribution in [0.1, 0.15) is 5.56 Å². The van der Waals surface area contributed by atoms with Crippen molar-refractivity contribution in [2.24, 2.45) is 10.2 Å². The van der Waals surface area contributed by atoms with E-state index in [2.05, 4.69) is 10.2 Å². The van der Waals surface area contributed by atoms with Crippen LogP contribution in [0.4, 0.5) is 22.7 Å². The molecule has 0 heterocycles. The molecule has 3 rings (SSSR count). The predicted molar refractivity (Wildman–Crippen MR) is 94.8 cm³/mol. The molecular formula is C19H16N4O2. The van der Waals surface area contributed by atoms with E-state index >= 15 is 0 Å². The van der Waals surface area contributed by atoms with Crippen molar-refractivity contribution in [1.29, 1.82) is 0 Å². The summed E-state index contributed by atoms with van der Waals surface area (Å²) in [5.74, 6) is 0. The van der Waals surface area contributed by atoms with E-state index < -0.39 is 0 Å². The van der Waals surface area contributed by atoms with E-state index in [4.69, 9.17) is 0 Å². The highest BCUT2D eigenvalue weighted by Crippen LogP contribution is 2.26. The summed E-state index contributed by atoms with van der Waals surface area (Å²) in [4.78, 5) is 1.09. The van der Waals surface area contributed by atoms with Gasteiger partial charge in [-0.2, -0.15) is 0 Å². The lowest BCUT2D eigenvalue weighted by Crippen LogP contribution is -1.96. The van der Waals surface area contributed by atoms with Crippen LogP contribution in [0.5, 0.6) is 0 Å². The number of nitrogens with zero attached hydrogens (tertiary/aromatic N) is 4. The normalized spacial score (nSPS) is 12.2. The van der Waals surface area contributed by atoms with Gasteiger partial charge in [0.2, 0.25) is 11.4 Å². The van der Waals surface area contributed by atoms with Gasteiger partial charge in [-0.05, 0) is 36.0 Å². The smallest absolute Gasteiger partial charge is 0.248 e. The second-order valence-corrected chi connectivity index (χ2v) is 5.39. The Balaban J connectivity index is 1.88. The maximum absolute atomic E-state index is 12.2. The first-order valence-electron chi connectivity index (χ1n) is 7.72. The van der Waals surface area contributed by atoms with Crippen molar-refractivity contribution in [3.05, 3.63) is 94.8 Å². The average molecular weight is 332 g/mol. The van der Waals surface area contributed by atoms with Gasteiger partial charge in [0, 0.05) is 34.0 Å². The van der Waals surface area contributed by atoms with Gasteiger partial charge in [-0.3, -0.25) is 0 Å². The second kappa shape index (κ2) is 7.35. The monoisotopic (exact) mass is 332 g/mol. The highest BCUT2D eigenvalue weighted by molar-refractivity contribution is 5.47. The van der Waals surface area contributed by atoms with Crippen molar-refractivity contribution < 1.29 is 9.72 Å². The largest absolute Gasteiger partial charge is 0.594 e. The zero-order chi connectivity index (χ0) is 17.6. The maximum atomic E-state index is 12.2. The van der Waals surface area contributed by atoms with Gasteiger partial charge < -0.3 is 10.4 Å². The molecule has 0 aliphatic carbocycles. The van der Waals surface area contributed by atoms with Crippen LogP contribution < -0.4 is 0 Å². The van der Waals surface area contributed by atoms with E-state index in [9.17, 15) is 10.4 Å². The Kier molecular flexibility index (Phi) is 4.80. The van der Waals surface area contributed by atoms with Gasteiger partial charge in [-0.25, -0.2) is 0 Å². The van der Waals surface area contributed by atoms with Gasteiger partial charge in [-0.15, -0.1) is 0 Å². The van der Waals surface area contributed by atoms with E-state index in [0.29, 0.717) is 38.0 Å². The van der Waals surface area contributed by atoms with E-state index in [1.54, 1.807) is 61.5 Å². The molecule has 3 aromatic rings. The Hall–Kier alpha value is -3.54. The van der Waals surface area contributed by atoms with Crippen LogP contribution in [0, 0.1) is 17.3 Å². The minimum absolute atomic E-state index is 0.346. The molecule has 0 atom stereocenters. The number of aryl methyl sites for hydroxylation is 1. The third-order valence-electron chi connectivity index (χ3n) is 3.53. The van der Waals surface area contributed by atoms with Crippen molar-refractivity contribution in [3.63, 3.8) is 0 Å². The number of rotatable bonds is 4. The third kappa shape index (κ3) is 4.06. The Morgan fingerprint density at radius 3 is 1.72 bits per heavy atom. The molecule has 124 valence electrons. The first kappa shape index (κ1) is 16.3. The van der Waals surface area contributed by atoms with Crippen LogP contribution in [0.2, 0.25) is 0 Å². The molecule has 0 amide bonds. The summed E-state index contributed by atoms with van der Waals surface area (Å²) in [5, 5.41) is 32.4. The third-order valence-corrected chi connectivity index (χ3v) is 3.53. The molecule has 0 unspecified atom stereocenters. The first-order valence-corrected chi connectivity index (χ1v) is 7.72. The van der Waals surface area contributed by atoms with Crippen LogP contribution in [0.25, 0.3) is 0 Å². The summed E-state index contributed by atoms with van der Waals surface area (Å²) < 4.78 is 0. The number of hydrogen-bond donors (Lipinski definition) is 0. The van der Waals surface area contributed by atoms with Crippen molar-refractivity contribution >= 4 is 22.7 Å². The van der Waals surface area contributed by atoms with E-state index in [1.165, 1.54) is 0 Å². The van der Waals surface area contributed by atoms with E-state index in [0.717, 1.165) is 0 Å². The lowest BCUT2D eigenvalue weighted by atomic mass is 10.2. The molecule has 0 saturated carbocycles. The number of azo groups is 2. The van der Waals surface area contributed by atoms with Crippen molar-refractivity contribution in [2.45, 2.75) is 6.92 Å². The lowest BCUT2D eigenvalue weighted by molar-refractivity contribution is -0.439. The van der Waals surface area contributed by atoms with Gasteiger partial charge in [0.15, 0.2) is 0 Å². The SMILES string of the molecule is Cc1cc([N+]([O-])=Nc2ccccc2)ccc1[N+]([O-])=Nc1ccccc1. The summed E-state index contributed by atoms with van der Waals surface area (Å²) in [6.07, 6.45) is 0.